The zero-order valence-electron chi connectivity index (χ0n) is 14.7. The van der Waals surface area contributed by atoms with Gasteiger partial charge in [0.15, 0.2) is 0 Å². The number of ether oxygens (including phenoxy) is 2. The molecule has 0 aromatic heterocycles. The number of nitrogens with zero attached hydrogens (tertiary/aromatic N) is 1. The summed E-state index contributed by atoms with van der Waals surface area (Å²) in [6.07, 6.45) is 3.66. The molecule has 2 aromatic rings. The second-order valence-corrected chi connectivity index (χ2v) is 5.50. The quantitative estimate of drug-likeness (QED) is 0.561. The molecule has 0 saturated heterocycles. The predicted octanol–water partition coefficient (Wildman–Crippen LogP) is 3.57. The van der Waals surface area contributed by atoms with E-state index >= 15 is 0 Å². The number of methoxy groups -OCH3 is 1. The highest BCUT2D eigenvalue weighted by molar-refractivity contribution is 5.82. The molecule has 0 unspecified atom stereocenters. The molecule has 0 spiro atoms. The van der Waals surface area contributed by atoms with Gasteiger partial charge in [-0.2, -0.15) is 5.10 Å². The van der Waals surface area contributed by atoms with Gasteiger partial charge in [0, 0.05) is 6.42 Å². The van der Waals surface area contributed by atoms with Gasteiger partial charge in [0.1, 0.15) is 11.5 Å². The van der Waals surface area contributed by atoms with Gasteiger partial charge in [0.05, 0.1) is 19.9 Å². The molecule has 0 aliphatic heterocycles. The normalized spacial score (nSPS) is 10.6. The number of aryl methyl sites for hydroxylation is 1. The molecule has 0 saturated carbocycles. The van der Waals surface area contributed by atoms with E-state index in [4.69, 9.17) is 9.47 Å². The molecule has 1 amide bonds. The summed E-state index contributed by atoms with van der Waals surface area (Å²) in [6.45, 7) is 2.62. The lowest BCUT2D eigenvalue weighted by atomic mass is 10.1. The van der Waals surface area contributed by atoms with Gasteiger partial charge in [-0.3, -0.25) is 4.79 Å². The fourth-order valence-corrected chi connectivity index (χ4v) is 2.33. The molecule has 0 aliphatic carbocycles. The van der Waals surface area contributed by atoms with Crippen LogP contribution in [0.25, 0.3) is 0 Å². The van der Waals surface area contributed by atoms with Crippen LogP contribution in [0.2, 0.25) is 0 Å². The fourth-order valence-electron chi connectivity index (χ4n) is 2.33. The molecule has 0 bridgehead atoms. The highest BCUT2D eigenvalue weighted by Gasteiger charge is 2.01. The lowest BCUT2D eigenvalue weighted by molar-refractivity contribution is -0.121. The van der Waals surface area contributed by atoms with Crippen LogP contribution in [-0.4, -0.2) is 25.8 Å². The minimum Gasteiger partial charge on any atom is -0.497 e. The SMILES string of the molecule is CCOc1ccc(CCCC(=O)NN=Cc2cccc(OC)c2)cc1. The number of nitrogens with one attached hydrogen (secondary N) is 1. The van der Waals surface area contributed by atoms with Gasteiger partial charge >= 0.3 is 0 Å². The molecule has 25 heavy (non-hydrogen) atoms. The van der Waals surface area contributed by atoms with E-state index in [9.17, 15) is 4.79 Å². The lowest BCUT2D eigenvalue weighted by Gasteiger charge is -2.05. The lowest BCUT2D eigenvalue weighted by Crippen LogP contribution is -2.17. The van der Waals surface area contributed by atoms with Gasteiger partial charge in [-0.15, -0.1) is 0 Å². The summed E-state index contributed by atoms with van der Waals surface area (Å²) in [6, 6.07) is 15.4. The second-order valence-electron chi connectivity index (χ2n) is 5.50. The molecule has 0 aliphatic rings. The minimum atomic E-state index is -0.0925. The monoisotopic (exact) mass is 340 g/mol. The van der Waals surface area contributed by atoms with Crippen molar-refractivity contribution in [3.05, 3.63) is 59.7 Å². The van der Waals surface area contributed by atoms with E-state index in [1.807, 2.05) is 55.5 Å². The molecule has 5 nitrogen and oxygen atoms in total. The molecule has 132 valence electrons. The van der Waals surface area contributed by atoms with Gasteiger partial charge in [-0.1, -0.05) is 24.3 Å². The van der Waals surface area contributed by atoms with Crippen molar-refractivity contribution >= 4 is 12.1 Å². The van der Waals surface area contributed by atoms with E-state index in [2.05, 4.69) is 10.5 Å². The maximum absolute atomic E-state index is 11.8. The maximum Gasteiger partial charge on any atom is 0.240 e. The number of rotatable bonds is 9. The third-order valence-electron chi connectivity index (χ3n) is 3.60. The van der Waals surface area contributed by atoms with Crippen molar-refractivity contribution in [3.63, 3.8) is 0 Å². The molecule has 0 atom stereocenters. The van der Waals surface area contributed by atoms with Crippen molar-refractivity contribution in [3.8, 4) is 11.5 Å². The van der Waals surface area contributed by atoms with Crippen LogP contribution < -0.4 is 14.9 Å². The van der Waals surface area contributed by atoms with Crippen molar-refractivity contribution in [2.75, 3.05) is 13.7 Å². The Hall–Kier alpha value is -2.82. The van der Waals surface area contributed by atoms with Crippen LogP contribution in [0.4, 0.5) is 0 Å². The molecule has 0 radical (unpaired) electrons. The first-order valence-corrected chi connectivity index (χ1v) is 8.39. The molecule has 0 fully saturated rings. The van der Waals surface area contributed by atoms with Gasteiger partial charge in [-0.25, -0.2) is 5.43 Å². The van der Waals surface area contributed by atoms with Gasteiger partial charge in [0.25, 0.3) is 0 Å². The predicted molar refractivity (Wildman–Crippen MR) is 99.3 cm³/mol. The van der Waals surface area contributed by atoms with E-state index in [0.29, 0.717) is 13.0 Å². The summed E-state index contributed by atoms with van der Waals surface area (Å²) < 4.78 is 10.6. The Morgan fingerprint density at radius 3 is 2.68 bits per heavy atom. The summed E-state index contributed by atoms with van der Waals surface area (Å²) in [5.74, 6) is 1.53. The zero-order valence-corrected chi connectivity index (χ0v) is 14.7. The molecule has 0 heterocycles. The van der Waals surface area contributed by atoms with Crippen molar-refractivity contribution < 1.29 is 14.3 Å². The summed E-state index contributed by atoms with van der Waals surface area (Å²) in [5, 5.41) is 3.98. The Morgan fingerprint density at radius 1 is 1.16 bits per heavy atom. The summed E-state index contributed by atoms with van der Waals surface area (Å²) in [5.41, 5.74) is 4.61. The Labute approximate surface area is 148 Å². The molecular formula is C20H24N2O3. The summed E-state index contributed by atoms with van der Waals surface area (Å²) >= 11 is 0. The average Bonchev–Trinajstić information content (AvgIpc) is 2.63. The molecule has 5 heteroatoms. The van der Waals surface area contributed by atoms with E-state index in [0.717, 1.165) is 29.9 Å². The third kappa shape index (κ3) is 6.67. The van der Waals surface area contributed by atoms with Crippen molar-refractivity contribution in [2.45, 2.75) is 26.2 Å². The average molecular weight is 340 g/mol. The number of hydrogen-bond donors (Lipinski definition) is 1. The zero-order chi connectivity index (χ0) is 17.9. The number of benzene rings is 2. The highest BCUT2D eigenvalue weighted by Crippen LogP contribution is 2.14. The number of amides is 1. The van der Waals surface area contributed by atoms with Crippen LogP contribution >= 0.6 is 0 Å². The Kier molecular flexibility index (Phi) is 7.50. The number of hydrogen-bond acceptors (Lipinski definition) is 4. The smallest absolute Gasteiger partial charge is 0.240 e. The van der Waals surface area contributed by atoms with Crippen LogP contribution in [0.15, 0.2) is 53.6 Å². The van der Waals surface area contributed by atoms with Crippen LogP contribution in [0.5, 0.6) is 11.5 Å². The van der Waals surface area contributed by atoms with Crippen LogP contribution in [0.3, 0.4) is 0 Å². The molecule has 2 rings (SSSR count). The molecular weight excluding hydrogens is 316 g/mol. The summed E-state index contributed by atoms with van der Waals surface area (Å²) in [4.78, 5) is 11.8. The summed E-state index contributed by atoms with van der Waals surface area (Å²) in [7, 11) is 1.61. The van der Waals surface area contributed by atoms with E-state index in [1.165, 1.54) is 5.56 Å². The standard InChI is InChI=1S/C20H24N2O3/c1-3-25-18-12-10-16(11-13-18)6-5-9-20(23)22-21-15-17-7-4-8-19(14-17)24-2/h4,7-8,10-15H,3,5-6,9H2,1-2H3,(H,22,23). The van der Waals surface area contributed by atoms with Crippen LogP contribution in [-0.2, 0) is 11.2 Å². The maximum atomic E-state index is 11.8. The fraction of sp³-hybridized carbons (Fsp3) is 0.300. The highest BCUT2D eigenvalue weighted by atomic mass is 16.5. The van der Waals surface area contributed by atoms with Crippen molar-refractivity contribution in [2.24, 2.45) is 5.10 Å². The van der Waals surface area contributed by atoms with Crippen LogP contribution in [0.1, 0.15) is 30.9 Å². The number of carbonyl (C=O) groups is 1. The molecule has 1 N–H and O–H groups in total. The second kappa shape index (κ2) is 10.1. The number of hydrazone groups is 1. The first-order chi connectivity index (χ1) is 12.2. The number of carbonyl (C=O) groups excluding carboxylic acids is 1. The Bertz CT molecular complexity index is 696. The van der Waals surface area contributed by atoms with Crippen molar-refractivity contribution in [1.82, 2.24) is 5.43 Å². The van der Waals surface area contributed by atoms with Gasteiger partial charge < -0.3 is 9.47 Å². The van der Waals surface area contributed by atoms with E-state index in [-0.39, 0.29) is 5.91 Å². The van der Waals surface area contributed by atoms with E-state index in [1.54, 1.807) is 13.3 Å². The van der Waals surface area contributed by atoms with E-state index < -0.39 is 0 Å². The minimum absolute atomic E-state index is 0.0925. The first kappa shape index (κ1) is 18.5. The molecule has 2 aromatic carbocycles. The van der Waals surface area contributed by atoms with Gasteiger partial charge in [0.2, 0.25) is 5.91 Å². The van der Waals surface area contributed by atoms with Gasteiger partial charge in [-0.05, 0) is 55.2 Å². The largest absolute Gasteiger partial charge is 0.497 e. The Morgan fingerprint density at radius 2 is 1.96 bits per heavy atom. The Balaban J connectivity index is 1.70. The third-order valence-corrected chi connectivity index (χ3v) is 3.60. The topological polar surface area (TPSA) is 59.9 Å². The first-order valence-electron chi connectivity index (χ1n) is 8.39. The van der Waals surface area contributed by atoms with Crippen LogP contribution in [0, 0.1) is 0 Å². The van der Waals surface area contributed by atoms with Crippen molar-refractivity contribution in [1.29, 1.82) is 0 Å².